The molecule has 8 heteroatoms. The van der Waals surface area contributed by atoms with Crippen molar-refractivity contribution in [2.24, 2.45) is 0 Å². The molecule has 1 aromatic carbocycles. The van der Waals surface area contributed by atoms with E-state index in [9.17, 15) is 16.8 Å². The van der Waals surface area contributed by atoms with E-state index in [-0.39, 0.29) is 10.6 Å². The maximum Gasteiger partial charge on any atom is 0.261 e. The van der Waals surface area contributed by atoms with Crippen LogP contribution in [0.4, 0.5) is 5.69 Å². The summed E-state index contributed by atoms with van der Waals surface area (Å²) in [4.78, 5) is 0.0172. The van der Waals surface area contributed by atoms with Crippen LogP contribution in [0.2, 0.25) is 0 Å². The van der Waals surface area contributed by atoms with Gasteiger partial charge in [0.2, 0.25) is 10.0 Å². The van der Waals surface area contributed by atoms with Crippen molar-refractivity contribution < 1.29 is 16.8 Å². The van der Waals surface area contributed by atoms with Gasteiger partial charge >= 0.3 is 0 Å². The van der Waals surface area contributed by atoms with Crippen LogP contribution in [-0.2, 0) is 19.1 Å². The van der Waals surface area contributed by atoms with Gasteiger partial charge < -0.3 is 0 Å². The first-order chi connectivity index (χ1) is 8.07. The van der Waals surface area contributed by atoms with Gasteiger partial charge in [0.05, 0.1) is 10.6 Å². The second kappa shape index (κ2) is 5.07. The molecule has 0 aromatic heterocycles. The predicted molar refractivity (Wildman–Crippen MR) is 72.0 cm³/mol. The second-order valence-electron chi connectivity index (χ2n) is 3.88. The summed E-state index contributed by atoms with van der Waals surface area (Å²) in [7, 11) is -1.91. The van der Waals surface area contributed by atoms with Crippen LogP contribution >= 0.6 is 10.7 Å². The highest BCUT2D eigenvalue weighted by Gasteiger charge is 2.18. The Kier molecular flexibility index (Phi) is 4.30. The van der Waals surface area contributed by atoms with Crippen LogP contribution in [0.5, 0.6) is 0 Å². The van der Waals surface area contributed by atoms with Gasteiger partial charge in [-0.05, 0) is 44.0 Å². The van der Waals surface area contributed by atoms with E-state index in [1.54, 1.807) is 13.8 Å². The molecule has 0 heterocycles. The van der Waals surface area contributed by atoms with E-state index in [0.29, 0.717) is 16.8 Å². The average molecular weight is 312 g/mol. The van der Waals surface area contributed by atoms with Gasteiger partial charge in [-0.15, -0.1) is 0 Å². The third-order valence-corrected chi connectivity index (χ3v) is 5.26. The molecule has 0 atom stereocenters. The van der Waals surface area contributed by atoms with E-state index in [0.717, 1.165) is 0 Å². The molecule has 0 aliphatic rings. The van der Waals surface area contributed by atoms with Crippen LogP contribution < -0.4 is 4.72 Å². The van der Waals surface area contributed by atoms with Gasteiger partial charge in [-0.3, -0.25) is 4.72 Å². The number of anilines is 1. The van der Waals surface area contributed by atoms with Crippen LogP contribution in [0.25, 0.3) is 0 Å². The molecule has 0 bridgehead atoms. The molecular formula is C10H14ClNO4S2. The molecule has 1 aromatic rings. The van der Waals surface area contributed by atoms with Gasteiger partial charge in [0.1, 0.15) is 0 Å². The zero-order valence-corrected chi connectivity index (χ0v) is 12.6. The molecule has 1 rings (SSSR count). The number of aryl methyl sites for hydroxylation is 2. The fraction of sp³-hybridized carbons (Fsp3) is 0.400. The van der Waals surface area contributed by atoms with Gasteiger partial charge in [0, 0.05) is 16.4 Å². The molecule has 5 nitrogen and oxygen atoms in total. The van der Waals surface area contributed by atoms with Crippen molar-refractivity contribution in [1.29, 1.82) is 0 Å². The minimum absolute atomic E-state index is 0.0172. The quantitative estimate of drug-likeness (QED) is 0.862. The third kappa shape index (κ3) is 3.60. The number of nitrogens with one attached hydrogen (secondary N) is 1. The first-order valence-electron chi connectivity index (χ1n) is 5.13. The van der Waals surface area contributed by atoms with E-state index in [4.69, 9.17) is 10.7 Å². The Balaban J connectivity index is 3.33. The number of rotatable bonds is 4. The summed E-state index contributed by atoms with van der Waals surface area (Å²) in [5.74, 6) is -0.0549. The van der Waals surface area contributed by atoms with Gasteiger partial charge in [0.25, 0.3) is 9.05 Å². The minimum atomic E-state index is -3.84. The Morgan fingerprint density at radius 3 is 1.89 bits per heavy atom. The molecule has 0 unspecified atom stereocenters. The highest BCUT2D eigenvalue weighted by Crippen LogP contribution is 2.27. The molecule has 0 spiro atoms. The Morgan fingerprint density at radius 1 is 1.11 bits per heavy atom. The molecule has 0 aliphatic heterocycles. The SMILES string of the molecule is CCS(=O)(=O)Nc1cc(C)c(S(=O)(=O)Cl)c(C)c1. The van der Waals surface area contributed by atoms with Crippen LogP contribution in [0, 0.1) is 13.8 Å². The number of benzene rings is 1. The predicted octanol–water partition coefficient (Wildman–Crippen LogP) is 1.99. The van der Waals surface area contributed by atoms with E-state index < -0.39 is 19.1 Å². The lowest BCUT2D eigenvalue weighted by atomic mass is 10.1. The summed E-state index contributed by atoms with van der Waals surface area (Å²) in [6.45, 7) is 4.64. The van der Waals surface area contributed by atoms with Crippen molar-refractivity contribution in [3.63, 3.8) is 0 Å². The van der Waals surface area contributed by atoms with Crippen LogP contribution in [0.15, 0.2) is 17.0 Å². The maximum absolute atomic E-state index is 11.4. The Hall–Kier alpha value is -0.790. The second-order valence-corrected chi connectivity index (χ2v) is 8.40. The minimum Gasteiger partial charge on any atom is -0.284 e. The fourth-order valence-electron chi connectivity index (χ4n) is 1.65. The highest BCUT2D eigenvalue weighted by molar-refractivity contribution is 8.13. The first-order valence-corrected chi connectivity index (χ1v) is 9.09. The van der Waals surface area contributed by atoms with E-state index in [1.165, 1.54) is 19.1 Å². The molecule has 18 heavy (non-hydrogen) atoms. The fourth-order valence-corrected chi connectivity index (χ4v) is 3.88. The molecule has 0 saturated heterocycles. The van der Waals surface area contributed by atoms with Crippen molar-refractivity contribution in [1.82, 2.24) is 0 Å². The van der Waals surface area contributed by atoms with E-state index >= 15 is 0 Å². The highest BCUT2D eigenvalue weighted by atomic mass is 35.7. The Labute approximate surface area is 112 Å². The molecule has 0 radical (unpaired) electrons. The third-order valence-electron chi connectivity index (χ3n) is 2.36. The average Bonchev–Trinajstić information content (AvgIpc) is 2.13. The summed E-state index contributed by atoms with van der Waals surface area (Å²) in [5, 5.41) is 0. The molecule has 1 N–H and O–H groups in total. The monoisotopic (exact) mass is 311 g/mol. The zero-order valence-electron chi connectivity index (χ0n) is 10.2. The lowest BCUT2D eigenvalue weighted by molar-refractivity contribution is 0.602. The summed E-state index contributed by atoms with van der Waals surface area (Å²) >= 11 is 0. The summed E-state index contributed by atoms with van der Waals surface area (Å²) in [6.07, 6.45) is 0. The molecule has 102 valence electrons. The van der Waals surface area contributed by atoms with Crippen LogP contribution in [-0.4, -0.2) is 22.6 Å². The van der Waals surface area contributed by atoms with E-state index in [1.807, 2.05) is 0 Å². The van der Waals surface area contributed by atoms with Crippen molar-refractivity contribution in [3.8, 4) is 0 Å². The summed E-state index contributed by atoms with van der Waals surface area (Å²) in [5.41, 5.74) is 1.13. The van der Waals surface area contributed by atoms with Crippen LogP contribution in [0.3, 0.4) is 0 Å². The molecule has 0 saturated carbocycles. The number of hydrogen-bond acceptors (Lipinski definition) is 4. The number of halogens is 1. The summed E-state index contributed by atoms with van der Waals surface area (Å²) in [6, 6.07) is 2.88. The number of sulfonamides is 1. The van der Waals surface area contributed by atoms with Crippen molar-refractivity contribution in [2.75, 3.05) is 10.5 Å². The van der Waals surface area contributed by atoms with Gasteiger partial charge in [-0.2, -0.15) is 0 Å². The largest absolute Gasteiger partial charge is 0.284 e. The van der Waals surface area contributed by atoms with Gasteiger partial charge in [0.15, 0.2) is 0 Å². The Morgan fingerprint density at radius 2 is 1.56 bits per heavy atom. The number of hydrogen-bond donors (Lipinski definition) is 1. The Bertz CT molecular complexity index is 642. The maximum atomic E-state index is 11.4. The molecular weight excluding hydrogens is 298 g/mol. The molecule has 0 amide bonds. The normalized spacial score (nSPS) is 12.4. The van der Waals surface area contributed by atoms with Crippen molar-refractivity contribution >= 4 is 35.4 Å². The standard InChI is InChI=1S/C10H14ClNO4S2/c1-4-17(13,14)12-9-5-7(2)10(8(3)6-9)18(11,15)16/h5-6,12H,4H2,1-3H3. The summed E-state index contributed by atoms with van der Waals surface area (Å²) < 4.78 is 47.9. The molecule has 0 fully saturated rings. The zero-order chi connectivity index (χ0) is 14.1. The smallest absolute Gasteiger partial charge is 0.261 e. The lowest BCUT2D eigenvalue weighted by Gasteiger charge is -2.11. The lowest BCUT2D eigenvalue weighted by Crippen LogP contribution is -2.15. The van der Waals surface area contributed by atoms with Crippen LogP contribution in [0.1, 0.15) is 18.1 Å². The van der Waals surface area contributed by atoms with Crippen molar-refractivity contribution in [3.05, 3.63) is 23.3 Å². The first kappa shape index (κ1) is 15.3. The topological polar surface area (TPSA) is 80.3 Å². The van der Waals surface area contributed by atoms with E-state index in [2.05, 4.69) is 4.72 Å². The van der Waals surface area contributed by atoms with Crippen molar-refractivity contribution in [2.45, 2.75) is 25.7 Å². The van der Waals surface area contributed by atoms with Gasteiger partial charge in [-0.1, -0.05) is 0 Å². The molecule has 0 aliphatic carbocycles. The van der Waals surface area contributed by atoms with Gasteiger partial charge in [-0.25, -0.2) is 16.8 Å².